The number of thioether (sulfide) groups is 1. The van der Waals surface area contributed by atoms with Crippen LogP contribution in [-0.4, -0.2) is 25.0 Å². The molecule has 0 saturated carbocycles. The molecular formula is C16H25NOS. The van der Waals surface area contributed by atoms with E-state index in [2.05, 4.69) is 49.7 Å². The second-order valence-corrected chi connectivity index (χ2v) is 6.16. The molecule has 3 atom stereocenters. The number of hydrogen-bond donors (Lipinski definition) is 1. The molecule has 1 fully saturated rings. The van der Waals surface area contributed by atoms with Crippen molar-refractivity contribution in [3.63, 3.8) is 0 Å². The predicted octanol–water partition coefficient (Wildman–Crippen LogP) is 4.02. The van der Waals surface area contributed by atoms with Crippen LogP contribution in [0.25, 0.3) is 0 Å². The molecule has 1 aromatic rings. The summed E-state index contributed by atoms with van der Waals surface area (Å²) in [6.07, 6.45) is 5.95. The number of ether oxygens (including phenoxy) is 1. The lowest BCUT2D eigenvalue weighted by molar-refractivity contribution is -0.00165. The van der Waals surface area contributed by atoms with Gasteiger partial charge in [0.1, 0.15) is 0 Å². The summed E-state index contributed by atoms with van der Waals surface area (Å²) < 4.78 is 5.73. The van der Waals surface area contributed by atoms with E-state index < -0.39 is 0 Å². The highest BCUT2D eigenvalue weighted by atomic mass is 32.2. The van der Waals surface area contributed by atoms with Crippen molar-refractivity contribution in [1.82, 2.24) is 5.32 Å². The van der Waals surface area contributed by atoms with Crippen LogP contribution in [0.3, 0.4) is 0 Å². The summed E-state index contributed by atoms with van der Waals surface area (Å²) in [7, 11) is 0. The summed E-state index contributed by atoms with van der Waals surface area (Å²) in [5.74, 6) is 0. The number of benzene rings is 1. The van der Waals surface area contributed by atoms with Gasteiger partial charge in [-0.1, -0.05) is 19.1 Å². The van der Waals surface area contributed by atoms with E-state index in [1.807, 2.05) is 0 Å². The molecule has 0 bridgehead atoms. The van der Waals surface area contributed by atoms with Crippen LogP contribution in [0.2, 0.25) is 0 Å². The number of nitrogens with one attached hydrogen (secondary N) is 1. The molecule has 0 spiro atoms. The van der Waals surface area contributed by atoms with Crippen LogP contribution in [0.5, 0.6) is 0 Å². The summed E-state index contributed by atoms with van der Waals surface area (Å²) in [5.41, 5.74) is 1.37. The van der Waals surface area contributed by atoms with Gasteiger partial charge in [-0.3, -0.25) is 0 Å². The van der Waals surface area contributed by atoms with E-state index in [0.29, 0.717) is 18.2 Å². The monoisotopic (exact) mass is 279 g/mol. The van der Waals surface area contributed by atoms with Crippen molar-refractivity contribution in [3.8, 4) is 0 Å². The van der Waals surface area contributed by atoms with Gasteiger partial charge in [-0.05, 0) is 50.1 Å². The average molecular weight is 279 g/mol. The molecule has 0 aromatic heterocycles. The first-order valence-corrected chi connectivity index (χ1v) is 8.47. The molecule has 2 nitrogen and oxygen atoms in total. The maximum absolute atomic E-state index is 5.73. The van der Waals surface area contributed by atoms with E-state index >= 15 is 0 Å². The van der Waals surface area contributed by atoms with Crippen molar-refractivity contribution in [1.29, 1.82) is 0 Å². The van der Waals surface area contributed by atoms with Crippen molar-refractivity contribution in [2.24, 2.45) is 0 Å². The zero-order chi connectivity index (χ0) is 13.7. The molecule has 1 saturated heterocycles. The summed E-state index contributed by atoms with van der Waals surface area (Å²) in [6.45, 7) is 5.36. The third kappa shape index (κ3) is 4.23. The molecule has 1 heterocycles. The van der Waals surface area contributed by atoms with Crippen LogP contribution in [-0.2, 0) is 4.74 Å². The van der Waals surface area contributed by atoms with Gasteiger partial charge in [0.2, 0.25) is 0 Å². The summed E-state index contributed by atoms with van der Waals surface area (Å²) in [4.78, 5) is 1.33. The molecule has 19 heavy (non-hydrogen) atoms. The van der Waals surface area contributed by atoms with E-state index in [4.69, 9.17) is 4.74 Å². The van der Waals surface area contributed by atoms with Crippen LogP contribution >= 0.6 is 11.8 Å². The highest BCUT2D eigenvalue weighted by Crippen LogP contribution is 2.22. The number of hydrogen-bond acceptors (Lipinski definition) is 3. The Bertz CT molecular complexity index is 379. The second-order valence-electron chi connectivity index (χ2n) is 5.28. The van der Waals surface area contributed by atoms with Crippen molar-refractivity contribution < 1.29 is 4.74 Å². The van der Waals surface area contributed by atoms with Crippen LogP contribution in [0.1, 0.15) is 44.7 Å². The van der Waals surface area contributed by atoms with Crippen LogP contribution in [0.4, 0.5) is 0 Å². The fourth-order valence-electron chi connectivity index (χ4n) is 2.66. The summed E-state index contributed by atoms with van der Waals surface area (Å²) >= 11 is 1.79. The SMILES string of the molecule is CCC1CC(NC(C)c2ccc(SC)cc2)CCO1. The minimum atomic E-state index is 0.413. The Morgan fingerprint density at radius 3 is 2.74 bits per heavy atom. The van der Waals surface area contributed by atoms with E-state index in [9.17, 15) is 0 Å². The molecule has 0 aliphatic carbocycles. The molecule has 0 radical (unpaired) electrons. The molecule has 1 aliphatic rings. The molecule has 1 aromatic carbocycles. The van der Waals surface area contributed by atoms with Gasteiger partial charge in [-0.15, -0.1) is 11.8 Å². The molecule has 2 rings (SSSR count). The topological polar surface area (TPSA) is 21.3 Å². The molecule has 0 amide bonds. The largest absolute Gasteiger partial charge is 0.378 e. The smallest absolute Gasteiger partial charge is 0.0587 e. The Hall–Kier alpha value is -0.510. The van der Waals surface area contributed by atoms with Gasteiger partial charge in [0, 0.05) is 23.6 Å². The van der Waals surface area contributed by atoms with E-state index in [1.165, 1.54) is 10.5 Å². The predicted molar refractivity (Wildman–Crippen MR) is 82.8 cm³/mol. The minimum absolute atomic E-state index is 0.413. The molecule has 3 unspecified atom stereocenters. The second kappa shape index (κ2) is 7.32. The Labute approximate surface area is 121 Å². The lowest BCUT2D eigenvalue weighted by Crippen LogP contribution is -2.39. The zero-order valence-corrected chi connectivity index (χ0v) is 13.0. The van der Waals surface area contributed by atoms with E-state index in [1.54, 1.807) is 11.8 Å². The Morgan fingerprint density at radius 2 is 2.11 bits per heavy atom. The maximum atomic E-state index is 5.73. The van der Waals surface area contributed by atoms with Crippen molar-refractivity contribution in [2.45, 2.75) is 56.2 Å². The lowest BCUT2D eigenvalue weighted by Gasteiger charge is -2.32. The van der Waals surface area contributed by atoms with Gasteiger partial charge in [-0.25, -0.2) is 0 Å². The zero-order valence-electron chi connectivity index (χ0n) is 12.2. The van der Waals surface area contributed by atoms with Gasteiger partial charge in [0.05, 0.1) is 6.10 Å². The molecule has 3 heteroatoms. The molecular weight excluding hydrogens is 254 g/mol. The molecule has 1 N–H and O–H groups in total. The maximum Gasteiger partial charge on any atom is 0.0587 e. The average Bonchev–Trinajstić information content (AvgIpc) is 2.47. The van der Waals surface area contributed by atoms with Gasteiger partial charge >= 0.3 is 0 Å². The first-order valence-electron chi connectivity index (χ1n) is 7.24. The van der Waals surface area contributed by atoms with E-state index in [-0.39, 0.29) is 0 Å². The highest BCUT2D eigenvalue weighted by Gasteiger charge is 2.22. The quantitative estimate of drug-likeness (QED) is 0.823. The Balaban J connectivity index is 1.90. The van der Waals surface area contributed by atoms with Crippen molar-refractivity contribution in [3.05, 3.63) is 29.8 Å². The van der Waals surface area contributed by atoms with Crippen LogP contribution < -0.4 is 5.32 Å². The Kier molecular flexibility index (Phi) is 5.74. The van der Waals surface area contributed by atoms with Crippen LogP contribution in [0, 0.1) is 0 Å². The summed E-state index contributed by atoms with van der Waals surface area (Å²) in [6, 6.07) is 9.89. The first-order chi connectivity index (χ1) is 9.22. The fourth-order valence-corrected chi connectivity index (χ4v) is 3.07. The fraction of sp³-hybridized carbons (Fsp3) is 0.625. The van der Waals surface area contributed by atoms with Crippen LogP contribution in [0.15, 0.2) is 29.2 Å². The van der Waals surface area contributed by atoms with Crippen molar-refractivity contribution >= 4 is 11.8 Å². The highest BCUT2D eigenvalue weighted by molar-refractivity contribution is 7.98. The van der Waals surface area contributed by atoms with Gasteiger partial charge in [0.25, 0.3) is 0 Å². The summed E-state index contributed by atoms with van der Waals surface area (Å²) in [5, 5.41) is 3.75. The van der Waals surface area contributed by atoms with Crippen molar-refractivity contribution in [2.75, 3.05) is 12.9 Å². The molecule has 1 aliphatic heterocycles. The Morgan fingerprint density at radius 1 is 1.37 bits per heavy atom. The number of rotatable bonds is 5. The van der Waals surface area contributed by atoms with Gasteiger partial charge in [-0.2, -0.15) is 0 Å². The minimum Gasteiger partial charge on any atom is -0.378 e. The van der Waals surface area contributed by atoms with Gasteiger partial charge in [0.15, 0.2) is 0 Å². The standard InChI is InChI=1S/C16H25NOS/c1-4-15-11-14(9-10-18-15)17-12(2)13-5-7-16(19-3)8-6-13/h5-8,12,14-15,17H,4,9-11H2,1-3H3. The van der Waals surface area contributed by atoms with Gasteiger partial charge < -0.3 is 10.1 Å². The normalized spacial score (nSPS) is 25.2. The first kappa shape index (κ1) is 14.9. The molecule has 106 valence electrons. The third-order valence-electron chi connectivity index (χ3n) is 3.92. The third-order valence-corrected chi connectivity index (χ3v) is 4.67. The lowest BCUT2D eigenvalue weighted by atomic mass is 9.99. The van der Waals surface area contributed by atoms with E-state index in [0.717, 1.165) is 25.9 Å².